The summed E-state index contributed by atoms with van der Waals surface area (Å²) in [6.45, 7) is 0. The molecular formula is C14H14N2O. The predicted octanol–water partition coefficient (Wildman–Crippen LogP) is 2.49. The number of aryl methyl sites for hydroxylation is 1. The Hall–Kier alpha value is -1.90. The number of fused-ring (bicyclic) bond motifs is 1. The first-order chi connectivity index (χ1) is 8.36. The quantitative estimate of drug-likeness (QED) is 0.800. The Kier molecular flexibility index (Phi) is 2.52. The van der Waals surface area contributed by atoms with Gasteiger partial charge in [-0.05, 0) is 30.7 Å². The third-order valence-electron chi connectivity index (χ3n) is 3.45. The van der Waals surface area contributed by atoms with Crippen LogP contribution in [0.2, 0.25) is 0 Å². The fourth-order valence-corrected chi connectivity index (χ4v) is 2.57. The number of imidazole rings is 1. The number of nitrogens with one attached hydrogen (secondary N) is 1. The average Bonchev–Trinajstić information content (AvgIpc) is 2.81. The number of carbonyl (C=O) groups excluding carboxylic acids is 1. The number of aromatic nitrogens is 2. The lowest BCUT2D eigenvalue weighted by Gasteiger charge is -2.21. The van der Waals surface area contributed by atoms with Gasteiger partial charge in [0.2, 0.25) is 0 Å². The molecule has 0 spiro atoms. The first kappa shape index (κ1) is 10.3. The number of rotatable bonds is 2. The highest BCUT2D eigenvalue weighted by Crippen LogP contribution is 2.31. The third kappa shape index (κ3) is 1.88. The molecule has 1 aromatic heterocycles. The van der Waals surface area contributed by atoms with Crippen molar-refractivity contribution >= 4 is 6.29 Å². The highest BCUT2D eigenvalue weighted by Gasteiger charge is 2.22. The van der Waals surface area contributed by atoms with E-state index in [-0.39, 0.29) is 0 Å². The summed E-state index contributed by atoms with van der Waals surface area (Å²) in [5.74, 6) is 1.01. The van der Waals surface area contributed by atoms with Crippen LogP contribution in [0, 0.1) is 0 Å². The molecule has 0 saturated carbocycles. The van der Waals surface area contributed by atoms with Crippen molar-refractivity contribution in [1.29, 1.82) is 0 Å². The third-order valence-corrected chi connectivity index (χ3v) is 3.45. The van der Waals surface area contributed by atoms with Crippen LogP contribution < -0.4 is 0 Å². The summed E-state index contributed by atoms with van der Waals surface area (Å²) >= 11 is 0. The van der Waals surface area contributed by atoms with Crippen molar-refractivity contribution in [3.63, 3.8) is 0 Å². The van der Waals surface area contributed by atoms with Gasteiger partial charge in [0.1, 0.15) is 0 Å². The summed E-state index contributed by atoms with van der Waals surface area (Å²) in [6, 6.07) is 10.5. The van der Waals surface area contributed by atoms with Gasteiger partial charge in [0.05, 0.1) is 5.69 Å². The van der Waals surface area contributed by atoms with Crippen LogP contribution in [0.5, 0.6) is 0 Å². The molecule has 3 nitrogen and oxygen atoms in total. The summed E-state index contributed by atoms with van der Waals surface area (Å²) < 4.78 is 0. The Bertz CT molecular complexity index is 530. The molecule has 1 atom stereocenters. The van der Waals surface area contributed by atoms with Crippen molar-refractivity contribution in [2.45, 2.75) is 25.2 Å². The number of benzene rings is 1. The van der Waals surface area contributed by atoms with E-state index < -0.39 is 0 Å². The highest BCUT2D eigenvalue weighted by atomic mass is 16.1. The van der Waals surface area contributed by atoms with Crippen molar-refractivity contribution in [3.05, 3.63) is 53.1 Å². The number of hydrogen-bond donors (Lipinski definition) is 1. The molecule has 1 N–H and O–H groups in total. The molecule has 3 rings (SSSR count). The van der Waals surface area contributed by atoms with Crippen LogP contribution in [0.4, 0.5) is 0 Å². The van der Waals surface area contributed by atoms with E-state index in [2.05, 4.69) is 34.2 Å². The van der Waals surface area contributed by atoms with Gasteiger partial charge in [-0.3, -0.25) is 4.79 Å². The number of carbonyl (C=O) groups is 1. The van der Waals surface area contributed by atoms with E-state index in [1.165, 1.54) is 5.56 Å². The summed E-state index contributed by atoms with van der Waals surface area (Å²) in [7, 11) is 0. The maximum absolute atomic E-state index is 10.7. The fourth-order valence-electron chi connectivity index (χ4n) is 2.57. The maximum atomic E-state index is 10.7. The second-order valence-electron chi connectivity index (χ2n) is 4.52. The summed E-state index contributed by atoms with van der Waals surface area (Å²) in [5, 5.41) is 0. The number of hydrogen-bond acceptors (Lipinski definition) is 2. The maximum Gasteiger partial charge on any atom is 0.185 e. The minimum absolute atomic E-state index is 0.462. The average molecular weight is 226 g/mol. The Labute approximate surface area is 99.9 Å². The highest BCUT2D eigenvalue weighted by molar-refractivity contribution is 5.69. The van der Waals surface area contributed by atoms with Crippen molar-refractivity contribution < 1.29 is 4.79 Å². The monoisotopic (exact) mass is 226 g/mol. The van der Waals surface area contributed by atoms with Gasteiger partial charge in [-0.15, -0.1) is 0 Å². The van der Waals surface area contributed by atoms with Crippen LogP contribution in [-0.4, -0.2) is 16.3 Å². The van der Waals surface area contributed by atoms with Gasteiger partial charge < -0.3 is 4.98 Å². The summed E-state index contributed by atoms with van der Waals surface area (Å²) in [5.41, 5.74) is 3.58. The standard InChI is InChI=1S/C14H14N2O/c17-9-14-15-12-7-6-11(8-13(12)16-14)10-4-2-1-3-5-10/h1-5,9,11H,6-8H2,(H,15,16). The molecule has 3 heteroatoms. The Morgan fingerprint density at radius 2 is 2.12 bits per heavy atom. The number of H-pyrrole nitrogens is 1. The minimum atomic E-state index is 0.462. The molecule has 2 aromatic rings. The zero-order chi connectivity index (χ0) is 11.7. The summed E-state index contributed by atoms with van der Waals surface area (Å²) in [4.78, 5) is 18.1. The van der Waals surface area contributed by atoms with E-state index in [9.17, 15) is 4.79 Å². The Morgan fingerprint density at radius 3 is 2.88 bits per heavy atom. The van der Waals surface area contributed by atoms with Crippen LogP contribution >= 0.6 is 0 Å². The van der Waals surface area contributed by atoms with Crippen LogP contribution in [0.15, 0.2) is 30.3 Å². The molecule has 1 heterocycles. The van der Waals surface area contributed by atoms with Crippen LogP contribution in [0.3, 0.4) is 0 Å². The van der Waals surface area contributed by atoms with E-state index in [1.54, 1.807) is 0 Å². The molecule has 0 aliphatic heterocycles. The summed E-state index contributed by atoms with van der Waals surface area (Å²) in [6.07, 6.45) is 3.81. The molecule has 0 radical (unpaired) electrons. The molecule has 0 saturated heterocycles. The Balaban J connectivity index is 1.87. The molecule has 1 aliphatic carbocycles. The van der Waals surface area contributed by atoms with Crippen LogP contribution in [-0.2, 0) is 12.8 Å². The molecule has 1 aliphatic rings. The topological polar surface area (TPSA) is 45.8 Å². The Morgan fingerprint density at radius 1 is 1.29 bits per heavy atom. The van der Waals surface area contributed by atoms with Crippen molar-refractivity contribution in [2.24, 2.45) is 0 Å². The van der Waals surface area contributed by atoms with Gasteiger partial charge in [0.25, 0.3) is 0 Å². The number of aromatic amines is 1. The second-order valence-corrected chi connectivity index (χ2v) is 4.52. The van der Waals surface area contributed by atoms with Gasteiger partial charge in [0, 0.05) is 5.69 Å². The zero-order valence-electron chi connectivity index (χ0n) is 9.52. The zero-order valence-corrected chi connectivity index (χ0v) is 9.52. The van der Waals surface area contributed by atoms with Crippen molar-refractivity contribution in [1.82, 2.24) is 9.97 Å². The minimum Gasteiger partial charge on any atom is -0.339 e. The fraction of sp³-hybridized carbons (Fsp3) is 0.286. The number of nitrogens with zero attached hydrogens (tertiary/aromatic N) is 1. The number of aldehydes is 1. The lowest BCUT2D eigenvalue weighted by atomic mass is 9.85. The smallest absolute Gasteiger partial charge is 0.185 e. The normalized spacial score (nSPS) is 18.7. The molecule has 0 amide bonds. The van der Waals surface area contributed by atoms with Gasteiger partial charge in [0.15, 0.2) is 12.1 Å². The predicted molar refractivity (Wildman–Crippen MR) is 65.2 cm³/mol. The van der Waals surface area contributed by atoms with Crippen LogP contribution in [0.1, 0.15) is 39.9 Å². The SMILES string of the molecule is O=Cc1nc2c([nH]1)CC(c1ccccc1)CC2. The largest absolute Gasteiger partial charge is 0.339 e. The molecule has 0 bridgehead atoms. The van der Waals surface area contributed by atoms with Gasteiger partial charge in [-0.25, -0.2) is 4.98 Å². The molecule has 86 valence electrons. The van der Waals surface area contributed by atoms with E-state index in [4.69, 9.17) is 0 Å². The van der Waals surface area contributed by atoms with E-state index in [0.717, 1.165) is 36.9 Å². The molecule has 17 heavy (non-hydrogen) atoms. The molecule has 1 unspecified atom stereocenters. The lowest BCUT2D eigenvalue weighted by molar-refractivity contribution is 0.111. The second kappa shape index (κ2) is 4.17. The van der Waals surface area contributed by atoms with Crippen molar-refractivity contribution in [3.8, 4) is 0 Å². The molecule has 0 fully saturated rings. The van der Waals surface area contributed by atoms with Gasteiger partial charge >= 0.3 is 0 Å². The van der Waals surface area contributed by atoms with Crippen molar-refractivity contribution in [2.75, 3.05) is 0 Å². The lowest BCUT2D eigenvalue weighted by Crippen LogP contribution is -2.12. The van der Waals surface area contributed by atoms with Crippen LogP contribution in [0.25, 0.3) is 0 Å². The molecule has 1 aromatic carbocycles. The van der Waals surface area contributed by atoms with Gasteiger partial charge in [-0.2, -0.15) is 0 Å². The first-order valence-electron chi connectivity index (χ1n) is 5.94. The first-order valence-corrected chi connectivity index (χ1v) is 5.94. The van der Waals surface area contributed by atoms with E-state index >= 15 is 0 Å². The van der Waals surface area contributed by atoms with Gasteiger partial charge in [-0.1, -0.05) is 30.3 Å². The van der Waals surface area contributed by atoms with E-state index in [0.29, 0.717) is 11.7 Å². The van der Waals surface area contributed by atoms with E-state index in [1.807, 2.05) is 6.07 Å². The molecular weight excluding hydrogens is 212 g/mol.